The molecule has 2 heterocycles. The van der Waals surface area contributed by atoms with Gasteiger partial charge in [-0.3, -0.25) is 9.59 Å². The van der Waals surface area contributed by atoms with Crippen molar-refractivity contribution in [3.05, 3.63) is 33.8 Å². The van der Waals surface area contributed by atoms with Crippen molar-refractivity contribution >= 4 is 45.5 Å². The average molecular weight is 448 g/mol. The van der Waals surface area contributed by atoms with Crippen LogP contribution in [0.15, 0.2) is 18.2 Å². The van der Waals surface area contributed by atoms with Crippen molar-refractivity contribution in [1.29, 1.82) is 0 Å². The second kappa shape index (κ2) is 8.98. The minimum absolute atomic E-state index is 0.0525. The number of carbonyl (C=O) groups excluding carboxylic acids is 2. The van der Waals surface area contributed by atoms with Crippen LogP contribution in [-0.2, 0) is 25.4 Å². The summed E-state index contributed by atoms with van der Waals surface area (Å²) in [5.74, 6) is -0.382. The van der Waals surface area contributed by atoms with Gasteiger partial charge in [0.05, 0.1) is 5.75 Å². The second-order valence-electron chi connectivity index (χ2n) is 7.10. The number of hydrogen-bond acceptors (Lipinski definition) is 4. The molecule has 0 N–H and O–H groups in total. The minimum atomic E-state index is -3.57. The lowest BCUT2D eigenvalue weighted by molar-refractivity contribution is -0.140. The van der Waals surface area contributed by atoms with E-state index in [0.29, 0.717) is 67.7 Å². The number of sulfonamides is 1. The van der Waals surface area contributed by atoms with Gasteiger partial charge in [0.25, 0.3) is 0 Å². The fourth-order valence-electron chi connectivity index (χ4n) is 3.63. The first-order valence-corrected chi connectivity index (χ1v) is 11.6. The van der Waals surface area contributed by atoms with Gasteiger partial charge >= 0.3 is 0 Å². The lowest BCUT2D eigenvalue weighted by atomic mass is 9.96. The van der Waals surface area contributed by atoms with Crippen molar-refractivity contribution in [1.82, 2.24) is 14.1 Å². The first-order chi connectivity index (χ1) is 13.3. The van der Waals surface area contributed by atoms with Gasteiger partial charge in [-0.2, -0.15) is 0 Å². The molecule has 7 nitrogen and oxygen atoms in total. The summed E-state index contributed by atoms with van der Waals surface area (Å²) in [5, 5.41) is 0.659. The Kier molecular flexibility index (Phi) is 6.85. The maximum Gasteiger partial charge on any atom is 0.225 e. The fourth-order valence-corrected chi connectivity index (χ4v) is 5.95. The van der Waals surface area contributed by atoms with Gasteiger partial charge in [0.2, 0.25) is 22.3 Å². The van der Waals surface area contributed by atoms with Crippen LogP contribution in [0.5, 0.6) is 0 Å². The Bertz CT molecular complexity index is 813. The average Bonchev–Trinajstić information content (AvgIpc) is 2.70. The van der Waals surface area contributed by atoms with Crippen LogP contribution in [0.3, 0.4) is 0 Å². The van der Waals surface area contributed by atoms with Crippen LogP contribution >= 0.6 is 23.2 Å². The van der Waals surface area contributed by atoms with E-state index in [4.69, 9.17) is 23.2 Å². The van der Waals surface area contributed by atoms with Gasteiger partial charge in [0, 0.05) is 60.8 Å². The van der Waals surface area contributed by atoms with Gasteiger partial charge in [-0.25, -0.2) is 12.7 Å². The summed E-state index contributed by atoms with van der Waals surface area (Å²) in [6, 6.07) is 4.91. The van der Waals surface area contributed by atoms with E-state index in [1.54, 1.807) is 28.0 Å². The molecular formula is C18H23Cl2N3O4S. The third-order valence-electron chi connectivity index (χ3n) is 5.36. The SMILES string of the molecule is O=CN1CCN(C(=O)C2CCN(S(=O)(=O)Cc3c(Cl)cccc3Cl)CC2)CC1. The van der Waals surface area contributed by atoms with E-state index in [2.05, 4.69) is 0 Å². The molecule has 2 aliphatic rings. The molecule has 2 aliphatic heterocycles. The highest BCUT2D eigenvalue weighted by atomic mass is 35.5. The quantitative estimate of drug-likeness (QED) is 0.645. The number of nitrogens with zero attached hydrogens (tertiary/aromatic N) is 3. The first kappa shape index (κ1) is 21.4. The summed E-state index contributed by atoms with van der Waals surface area (Å²) >= 11 is 12.2. The van der Waals surface area contributed by atoms with E-state index in [1.807, 2.05) is 0 Å². The van der Waals surface area contributed by atoms with E-state index >= 15 is 0 Å². The molecule has 154 valence electrons. The molecule has 2 saturated heterocycles. The van der Waals surface area contributed by atoms with Crippen molar-refractivity contribution in [2.75, 3.05) is 39.3 Å². The van der Waals surface area contributed by atoms with Crippen LogP contribution < -0.4 is 0 Å². The molecule has 0 bridgehead atoms. The molecule has 0 radical (unpaired) electrons. The second-order valence-corrected chi connectivity index (χ2v) is 9.88. The van der Waals surface area contributed by atoms with Crippen molar-refractivity contribution in [3.8, 4) is 0 Å². The zero-order valence-corrected chi connectivity index (χ0v) is 17.7. The lowest BCUT2D eigenvalue weighted by Gasteiger charge is -2.37. The number of amides is 2. The van der Waals surface area contributed by atoms with Crippen LogP contribution in [0.25, 0.3) is 0 Å². The molecule has 0 aliphatic carbocycles. The van der Waals surface area contributed by atoms with Crippen molar-refractivity contribution in [2.24, 2.45) is 5.92 Å². The Balaban J connectivity index is 1.57. The Hall–Kier alpha value is -1.35. The minimum Gasteiger partial charge on any atom is -0.342 e. The van der Waals surface area contributed by atoms with Crippen LogP contribution in [0.4, 0.5) is 0 Å². The van der Waals surface area contributed by atoms with E-state index in [0.717, 1.165) is 6.41 Å². The van der Waals surface area contributed by atoms with Gasteiger partial charge in [-0.15, -0.1) is 0 Å². The molecule has 0 saturated carbocycles. The number of carbonyl (C=O) groups is 2. The van der Waals surface area contributed by atoms with Gasteiger partial charge in [0.1, 0.15) is 0 Å². The summed E-state index contributed by atoms with van der Waals surface area (Å²) in [4.78, 5) is 26.9. The summed E-state index contributed by atoms with van der Waals surface area (Å²) in [5.41, 5.74) is 0.400. The Morgan fingerprint density at radius 3 is 2.14 bits per heavy atom. The van der Waals surface area contributed by atoms with E-state index in [9.17, 15) is 18.0 Å². The first-order valence-electron chi connectivity index (χ1n) is 9.20. The summed E-state index contributed by atoms with van der Waals surface area (Å²) < 4.78 is 27.0. The Morgan fingerprint density at radius 1 is 1.04 bits per heavy atom. The van der Waals surface area contributed by atoms with Gasteiger partial charge in [-0.1, -0.05) is 29.3 Å². The van der Waals surface area contributed by atoms with Gasteiger partial charge in [0.15, 0.2) is 0 Å². The lowest BCUT2D eigenvalue weighted by Crippen LogP contribution is -2.51. The van der Waals surface area contributed by atoms with E-state index in [1.165, 1.54) is 4.31 Å². The number of rotatable bonds is 5. The van der Waals surface area contributed by atoms with Crippen molar-refractivity contribution < 1.29 is 18.0 Å². The summed E-state index contributed by atoms with van der Waals surface area (Å²) in [6.45, 7) is 2.74. The highest BCUT2D eigenvalue weighted by molar-refractivity contribution is 7.88. The molecule has 28 heavy (non-hydrogen) atoms. The monoisotopic (exact) mass is 447 g/mol. The fraction of sp³-hybridized carbons (Fsp3) is 0.556. The normalized spacial score (nSPS) is 19.6. The molecule has 10 heteroatoms. The molecule has 0 atom stereocenters. The molecule has 0 aromatic heterocycles. The predicted molar refractivity (Wildman–Crippen MR) is 108 cm³/mol. The molecular weight excluding hydrogens is 425 g/mol. The van der Waals surface area contributed by atoms with Crippen LogP contribution in [0, 0.1) is 5.92 Å². The standard InChI is InChI=1S/C18H23Cl2N3O4S/c19-16-2-1-3-17(20)15(16)12-28(26,27)23-6-4-14(5-7-23)18(25)22-10-8-21(13-24)9-11-22/h1-3,13-14H,4-12H2. The molecule has 2 amide bonds. The van der Waals surface area contributed by atoms with Gasteiger partial charge in [-0.05, 0) is 25.0 Å². The molecule has 1 aromatic rings. The highest BCUT2D eigenvalue weighted by Crippen LogP contribution is 2.29. The topological polar surface area (TPSA) is 78.0 Å². The van der Waals surface area contributed by atoms with Crippen LogP contribution in [0.2, 0.25) is 10.0 Å². The zero-order valence-electron chi connectivity index (χ0n) is 15.4. The molecule has 0 spiro atoms. The summed E-state index contributed by atoms with van der Waals surface area (Å²) in [7, 11) is -3.57. The van der Waals surface area contributed by atoms with Crippen molar-refractivity contribution in [3.63, 3.8) is 0 Å². The largest absolute Gasteiger partial charge is 0.342 e. The maximum atomic E-state index is 12.8. The third kappa shape index (κ3) is 4.79. The third-order valence-corrected chi connectivity index (χ3v) is 7.87. The highest BCUT2D eigenvalue weighted by Gasteiger charge is 2.34. The predicted octanol–water partition coefficient (Wildman–Crippen LogP) is 1.84. The number of halogens is 2. The van der Waals surface area contributed by atoms with Gasteiger partial charge < -0.3 is 9.80 Å². The number of hydrogen-bond donors (Lipinski definition) is 0. The molecule has 2 fully saturated rings. The molecule has 1 aromatic carbocycles. The smallest absolute Gasteiger partial charge is 0.225 e. The van der Waals surface area contributed by atoms with Crippen molar-refractivity contribution in [2.45, 2.75) is 18.6 Å². The number of piperidine rings is 1. The summed E-state index contributed by atoms with van der Waals surface area (Å²) in [6.07, 6.45) is 1.78. The Morgan fingerprint density at radius 2 is 1.61 bits per heavy atom. The van der Waals surface area contributed by atoms with Crippen LogP contribution in [-0.4, -0.2) is 74.1 Å². The number of piperazine rings is 1. The van der Waals surface area contributed by atoms with E-state index < -0.39 is 10.0 Å². The zero-order chi connectivity index (χ0) is 20.3. The van der Waals surface area contributed by atoms with Crippen LogP contribution in [0.1, 0.15) is 18.4 Å². The maximum absolute atomic E-state index is 12.8. The number of benzene rings is 1. The van der Waals surface area contributed by atoms with E-state index in [-0.39, 0.29) is 17.6 Å². The Labute approximate surface area is 175 Å². The molecule has 0 unspecified atom stereocenters. The molecule has 3 rings (SSSR count).